The fraction of sp³-hybridized carbons (Fsp3) is 0.357. The van der Waals surface area contributed by atoms with E-state index in [0.717, 1.165) is 37.4 Å². The highest BCUT2D eigenvalue weighted by Crippen LogP contribution is 2.42. The van der Waals surface area contributed by atoms with Crippen molar-refractivity contribution in [2.75, 3.05) is 26.7 Å². The topological polar surface area (TPSA) is 32.7 Å². The predicted octanol–water partition coefficient (Wildman–Crippen LogP) is 5.40. The Kier molecular flexibility index (Phi) is 7.06. The van der Waals surface area contributed by atoms with Gasteiger partial charge in [-0.3, -0.25) is 0 Å². The molecule has 3 nitrogen and oxygen atoms in total. The number of likely N-dealkylation sites (tertiary alicyclic amines) is 1. The van der Waals surface area contributed by atoms with Gasteiger partial charge in [-0.2, -0.15) is 0 Å². The van der Waals surface area contributed by atoms with Gasteiger partial charge >= 0.3 is 0 Å². The van der Waals surface area contributed by atoms with E-state index in [9.17, 15) is 5.11 Å². The summed E-state index contributed by atoms with van der Waals surface area (Å²) in [5.41, 5.74) is 2.42. The number of rotatable bonds is 9. The second-order valence-corrected chi connectivity index (χ2v) is 8.61. The molecule has 3 aromatic carbocycles. The molecule has 3 heteroatoms. The Morgan fingerprint density at radius 1 is 0.871 bits per heavy atom. The molecule has 162 valence electrons. The molecule has 0 aliphatic carbocycles. The lowest BCUT2D eigenvalue weighted by molar-refractivity contribution is -0.0109. The first-order valence-electron chi connectivity index (χ1n) is 11.4. The van der Waals surface area contributed by atoms with Crippen molar-refractivity contribution in [1.29, 1.82) is 0 Å². The van der Waals surface area contributed by atoms with E-state index in [-0.39, 0.29) is 5.92 Å². The van der Waals surface area contributed by atoms with Gasteiger partial charge in [0, 0.05) is 12.5 Å². The van der Waals surface area contributed by atoms with E-state index in [0.29, 0.717) is 6.42 Å². The molecule has 0 aromatic heterocycles. The van der Waals surface area contributed by atoms with Crippen LogP contribution < -0.4 is 4.74 Å². The maximum Gasteiger partial charge on any atom is 0.118 e. The lowest BCUT2D eigenvalue weighted by atomic mass is 9.73. The maximum absolute atomic E-state index is 12.4. The summed E-state index contributed by atoms with van der Waals surface area (Å²) in [4.78, 5) is 2.51. The standard InChI is InChI=1S/C28H33NO2/c1-31-26-16-14-25(15-17-26)28(30,19-18-23-10-4-2-5-11-23)27(22-29-20-8-9-21-29)24-12-6-3-7-13-24/h2-7,10-17,27,30H,8-9,18-22H2,1H3/t27-,28-/m1/s1. The highest BCUT2D eigenvalue weighted by molar-refractivity contribution is 5.36. The zero-order valence-corrected chi connectivity index (χ0v) is 18.4. The molecule has 1 saturated heterocycles. The van der Waals surface area contributed by atoms with Crippen molar-refractivity contribution in [2.45, 2.75) is 37.2 Å². The molecule has 0 amide bonds. The smallest absolute Gasteiger partial charge is 0.118 e. The molecule has 1 aliphatic heterocycles. The summed E-state index contributed by atoms with van der Waals surface area (Å²) in [7, 11) is 1.68. The number of aliphatic hydroxyl groups is 1. The molecule has 0 saturated carbocycles. The molecule has 1 fully saturated rings. The monoisotopic (exact) mass is 415 g/mol. The molecular weight excluding hydrogens is 382 g/mol. The highest BCUT2D eigenvalue weighted by Gasteiger charge is 2.40. The van der Waals surface area contributed by atoms with Gasteiger partial charge in [0.25, 0.3) is 0 Å². The summed E-state index contributed by atoms with van der Waals surface area (Å²) in [5, 5.41) is 12.4. The summed E-state index contributed by atoms with van der Waals surface area (Å²) in [5.74, 6) is 0.800. The van der Waals surface area contributed by atoms with E-state index < -0.39 is 5.60 Å². The van der Waals surface area contributed by atoms with Crippen LogP contribution >= 0.6 is 0 Å². The fourth-order valence-electron chi connectivity index (χ4n) is 4.82. The number of methoxy groups -OCH3 is 1. The summed E-state index contributed by atoms with van der Waals surface area (Å²) in [6, 6.07) is 29.0. The Morgan fingerprint density at radius 3 is 2.10 bits per heavy atom. The molecule has 3 aromatic rings. The number of benzene rings is 3. The minimum absolute atomic E-state index is 0.0103. The molecule has 0 unspecified atom stereocenters. The van der Waals surface area contributed by atoms with Crippen LogP contribution in [0.3, 0.4) is 0 Å². The number of aryl methyl sites for hydroxylation is 1. The third-order valence-electron chi connectivity index (χ3n) is 6.65. The van der Waals surface area contributed by atoms with Gasteiger partial charge < -0.3 is 14.7 Å². The number of nitrogens with zero attached hydrogens (tertiary/aromatic N) is 1. The van der Waals surface area contributed by atoms with Gasteiger partial charge in [0.1, 0.15) is 5.75 Å². The molecule has 1 heterocycles. The average Bonchev–Trinajstić information content (AvgIpc) is 3.36. The molecule has 1 N–H and O–H groups in total. The molecule has 2 atom stereocenters. The summed E-state index contributed by atoms with van der Waals surface area (Å²) in [6.07, 6.45) is 3.97. The normalized spacial score (nSPS) is 17.2. The largest absolute Gasteiger partial charge is 0.497 e. The second-order valence-electron chi connectivity index (χ2n) is 8.61. The Hall–Kier alpha value is -2.62. The summed E-state index contributed by atoms with van der Waals surface area (Å²) < 4.78 is 5.37. The Labute approximate surface area is 186 Å². The van der Waals surface area contributed by atoms with Crippen LogP contribution in [0.25, 0.3) is 0 Å². The Morgan fingerprint density at radius 2 is 1.48 bits per heavy atom. The van der Waals surface area contributed by atoms with E-state index in [1.54, 1.807) is 7.11 Å². The van der Waals surface area contributed by atoms with Crippen LogP contribution in [0.2, 0.25) is 0 Å². The Bertz CT molecular complexity index is 920. The first-order valence-corrected chi connectivity index (χ1v) is 11.4. The fourth-order valence-corrected chi connectivity index (χ4v) is 4.82. The van der Waals surface area contributed by atoms with Crippen molar-refractivity contribution in [2.24, 2.45) is 0 Å². The molecule has 1 aliphatic rings. The number of hydrogen-bond donors (Lipinski definition) is 1. The Balaban J connectivity index is 1.72. The van der Waals surface area contributed by atoms with Crippen LogP contribution in [0, 0.1) is 0 Å². The van der Waals surface area contributed by atoms with Crippen LogP contribution in [0.1, 0.15) is 41.9 Å². The summed E-state index contributed by atoms with van der Waals surface area (Å²) >= 11 is 0. The summed E-state index contributed by atoms with van der Waals surface area (Å²) in [6.45, 7) is 3.09. The third-order valence-corrected chi connectivity index (χ3v) is 6.65. The number of hydrogen-bond acceptors (Lipinski definition) is 3. The SMILES string of the molecule is COc1ccc([C@](O)(CCc2ccccc2)[C@H](CN2CCCC2)c2ccccc2)cc1. The van der Waals surface area contributed by atoms with E-state index in [4.69, 9.17) is 4.74 Å². The van der Waals surface area contributed by atoms with E-state index in [1.807, 2.05) is 36.4 Å². The van der Waals surface area contributed by atoms with Crippen molar-refractivity contribution in [1.82, 2.24) is 4.90 Å². The minimum atomic E-state index is -0.980. The van der Waals surface area contributed by atoms with Gasteiger partial charge in [-0.05, 0) is 67.6 Å². The molecule has 31 heavy (non-hydrogen) atoms. The lowest BCUT2D eigenvalue weighted by Gasteiger charge is -2.39. The highest BCUT2D eigenvalue weighted by atomic mass is 16.5. The lowest BCUT2D eigenvalue weighted by Crippen LogP contribution is -2.41. The average molecular weight is 416 g/mol. The predicted molar refractivity (Wildman–Crippen MR) is 127 cm³/mol. The van der Waals surface area contributed by atoms with Crippen LogP contribution in [0.4, 0.5) is 0 Å². The van der Waals surface area contributed by atoms with E-state index >= 15 is 0 Å². The van der Waals surface area contributed by atoms with E-state index in [1.165, 1.54) is 24.0 Å². The molecular formula is C28H33NO2. The van der Waals surface area contributed by atoms with Crippen molar-refractivity contribution >= 4 is 0 Å². The zero-order valence-electron chi connectivity index (χ0n) is 18.4. The van der Waals surface area contributed by atoms with Crippen LogP contribution in [0.15, 0.2) is 84.9 Å². The van der Waals surface area contributed by atoms with E-state index in [2.05, 4.69) is 53.4 Å². The van der Waals surface area contributed by atoms with Crippen molar-refractivity contribution in [3.8, 4) is 5.75 Å². The van der Waals surface area contributed by atoms with Gasteiger partial charge in [-0.15, -0.1) is 0 Å². The van der Waals surface area contributed by atoms with Crippen LogP contribution in [-0.4, -0.2) is 36.8 Å². The second kappa shape index (κ2) is 10.1. The van der Waals surface area contributed by atoms with Crippen LogP contribution in [0.5, 0.6) is 5.75 Å². The maximum atomic E-state index is 12.4. The van der Waals surface area contributed by atoms with Gasteiger partial charge in [-0.25, -0.2) is 0 Å². The molecule has 0 bridgehead atoms. The molecule has 0 radical (unpaired) electrons. The van der Waals surface area contributed by atoms with Crippen LogP contribution in [-0.2, 0) is 12.0 Å². The van der Waals surface area contributed by atoms with Gasteiger partial charge in [0.2, 0.25) is 0 Å². The first kappa shape index (κ1) is 21.6. The number of ether oxygens (including phenoxy) is 1. The van der Waals surface area contributed by atoms with Crippen molar-refractivity contribution in [3.05, 3.63) is 102 Å². The van der Waals surface area contributed by atoms with Crippen molar-refractivity contribution < 1.29 is 9.84 Å². The quantitative estimate of drug-likeness (QED) is 0.508. The first-order chi connectivity index (χ1) is 15.2. The molecule has 4 rings (SSSR count). The minimum Gasteiger partial charge on any atom is -0.497 e. The van der Waals surface area contributed by atoms with Gasteiger partial charge in [0.15, 0.2) is 0 Å². The van der Waals surface area contributed by atoms with Crippen molar-refractivity contribution in [3.63, 3.8) is 0 Å². The third kappa shape index (κ3) is 5.17. The molecule has 0 spiro atoms. The zero-order chi connectivity index (χ0) is 21.5. The van der Waals surface area contributed by atoms with Gasteiger partial charge in [-0.1, -0.05) is 72.8 Å². The van der Waals surface area contributed by atoms with Gasteiger partial charge in [0.05, 0.1) is 12.7 Å².